The summed E-state index contributed by atoms with van der Waals surface area (Å²) in [4.78, 5) is 28.3. The van der Waals surface area contributed by atoms with Gasteiger partial charge in [-0.05, 0) is 48.9 Å². The average Bonchev–Trinajstić information content (AvgIpc) is 3.24. The predicted octanol–water partition coefficient (Wildman–Crippen LogP) is 5.06. The van der Waals surface area contributed by atoms with Crippen LogP contribution in [0.15, 0.2) is 48.5 Å². The highest BCUT2D eigenvalue weighted by Crippen LogP contribution is 2.22. The molecule has 2 amide bonds. The van der Waals surface area contributed by atoms with Gasteiger partial charge in [-0.1, -0.05) is 73.8 Å². The SMILES string of the molecule is CCC(C(=O)NC1CCCC1)N(Cc1ccccc1C)C(=O)Cc1ccccc1Cl. The second kappa shape index (κ2) is 10.6. The van der Waals surface area contributed by atoms with Gasteiger partial charge in [-0.25, -0.2) is 0 Å². The molecule has 0 saturated heterocycles. The fourth-order valence-corrected chi connectivity index (χ4v) is 4.37. The number of hydrogen-bond donors (Lipinski definition) is 1. The van der Waals surface area contributed by atoms with E-state index in [9.17, 15) is 9.59 Å². The number of hydrogen-bond acceptors (Lipinski definition) is 2. The van der Waals surface area contributed by atoms with E-state index in [-0.39, 0.29) is 24.3 Å². The van der Waals surface area contributed by atoms with Crippen LogP contribution in [0, 0.1) is 6.92 Å². The first-order valence-corrected chi connectivity index (χ1v) is 11.2. The van der Waals surface area contributed by atoms with Gasteiger partial charge in [-0.15, -0.1) is 0 Å². The zero-order valence-corrected chi connectivity index (χ0v) is 18.6. The van der Waals surface area contributed by atoms with Gasteiger partial charge in [-0.3, -0.25) is 9.59 Å². The Morgan fingerprint density at radius 1 is 1.07 bits per heavy atom. The molecule has 0 spiro atoms. The normalized spacial score (nSPS) is 15.0. The Kier molecular flexibility index (Phi) is 7.92. The van der Waals surface area contributed by atoms with E-state index in [0.29, 0.717) is 18.0 Å². The number of nitrogens with one attached hydrogen (secondary N) is 1. The van der Waals surface area contributed by atoms with Crippen molar-refractivity contribution in [2.45, 2.75) is 71.0 Å². The number of rotatable bonds is 8. The van der Waals surface area contributed by atoms with E-state index in [4.69, 9.17) is 11.6 Å². The fraction of sp³-hybridized carbons (Fsp3) is 0.440. The van der Waals surface area contributed by atoms with Crippen molar-refractivity contribution in [2.75, 3.05) is 0 Å². The predicted molar refractivity (Wildman–Crippen MR) is 121 cm³/mol. The Labute approximate surface area is 184 Å². The van der Waals surface area contributed by atoms with Crippen LogP contribution in [0.1, 0.15) is 55.7 Å². The number of aryl methyl sites for hydroxylation is 1. The van der Waals surface area contributed by atoms with Gasteiger partial charge in [0.25, 0.3) is 0 Å². The van der Waals surface area contributed by atoms with Crippen LogP contribution in [0.4, 0.5) is 0 Å². The molecule has 0 aromatic heterocycles. The topological polar surface area (TPSA) is 49.4 Å². The van der Waals surface area contributed by atoms with Gasteiger partial charge in [0.2, 0.25) is 11.8 Å². The lowest BCUT2D eigenvalue weighted by atomic mass is 10.0. The van der Waals surface area contributed by atoms with Gasteiger partial charge in [-0.2, -0.15) is 0 Å². The van der Waals surface area contributed by atoms with Crippen LogP contribution < -0.4 is 5.32 Å². The van der Waals surface area contributed by atoms with Crippen molar-refractivity contribution in [1.82, 2.24) is 10.2 Å². The smallest absolute Gasteiger partial charge is 0.243 e. The molecule has 1 aliphatic carbocycles. The molecule has 1 saturated carbocycles. The molecule has 2 aromatic rings. The zero-order chi connectivity index (χ0) is 21.5. The molecular weight excluding hydrogens is 396 g/mol. The molecule has 0 bridgehead atoms. The standard InChI is InChI=1S/C25H31ClN2O2/c1-3-23(25(30)27-21-13-7-8-14-21)28(17-20-12-5-4-10-18(20)2)24(29)16-19-11-6-9-15-22(19)26/h4-6,9-12,15,21,23H,3,7-8,13-14,16-17H2,1-2H3,(H,27,30). The molecule has 5 heteroatoms. The molecule has 30 heavy (non-hydrogen) atoms. The average molecular weight is 427 g/mol. The van der Waals surface area contributed by atoms with E-state index in [2.05, 4.69) is 5.32 Å². The minimum absolute atomic E-state index is 0.0505. The monoisotopic (exact) mass is 426 g/mol. The van der Waals surface area contributed by atoms with Crippen molar-refractivity contribution in [2.24, 2.45) is 0 Å². The van der Waals surface area contributed by atoms with Crippen molar-refractivity contribution in [1.29, 1.82) is 0 Å². The minimum Gasteiger partial charge on any atom is -0.352 e. The largest absolute Gasteiger partial charge is 0.352 e. The summed E-state index contributed by atoms with van der Waals surface area (Å²) >= 11 is 6.30. The van der Waals surface area contributed by atoms with E-state index in [0.717, 1.165) is 42.4 Å². The molecule has 0 heterocycles. The van der Waals surface area contributed by atoms with Gasteiger partial charge >= 0.3 is 0 Å². The lowest BCUT2D eigenvalue weighted by Gasteiger charge is -2.32. The van der Waals surface area contributed by atoms with Crippen molar-refractivity contribution >= 4 is 23.4 Å². The van der Waals surface area contributed by atoms with Crippen LogP contribution in [-0.2, 0) is 22.6 Å². The Morgan fingerprint density at radius 2 is 1.70 bits per heavy atom. The summed E-state index contributed by atoms with van der Waals surface area (Å²) in [5.74, 6) is -0.134. The number of carbonyl (C=O) groups is 2. The Hall–Kier alpha value is -2.33. The highest BCUT2D eigenvalue weighted by Gasteiger charge is 2.31. The Morgan fingerprint density at radius 3 is 2.33 bits per heavy atom. The Bertz CT molecular complexity index is 877. The molecule has 3 rings (SSSR count). The number of halogens is 1. The maximum absolute atomic E-state index is 13.4. The molecule has 1 atom stereocenters. The van der Waals surface area contributed by atoms with Gasteiger partial charge in [0.05, 0.1) is 6.42 Å². The van der Waals surface area contributed by atoms with Gasteiger partial charge in [0.1, 0.15) is 6.04 Å². The zero-order valence-electron chi connectivity index (χ0n) is 17.9. The third-order valence-corrected chi connectivity index (χ3v) is 6.36. The second-order valence-corrected chi connectivity index (χ2v) is 8.54. The molecule has 1 aliphatic rings. The maximum Gasteiger partial charge on any atom is 0.243 e. The van der Waals surface area contributed by atoms with Crippen molar-refractivity contribution in [3.8, 4) is 0 Å². The summed E-state index contributed by atoms with van der Waals surface area (Å²) in [7, 11) is 0. The van der Waals surface area contributed by atoms with Crippen LogP contribution in [0.25, 0.3) is 0 Å². The van der Waals surface area contributed by atoms with Gasteiger partial charge in [0.15, 0.2) is 0 Å². The van der Waals surface area contributed by atoms with E-state index in [1.807, 2.05) is 56.3 Å². The molecule has 0 radical (unpaired) electrons. The molecule has 0 aliphatic heterocycles. The lowest BCUT2D eigenvalue weighted by Crippen LogP contribution is -2.51. The summed E-state index contributed by atoms with van der Waals surface area (Å²) in [6.07, 6.45) is 5.10. The van der Waals surface area contributed by atoms with Crippen LogP contribution in [0.5, 0.6) is 0 Å². The molecule has 160 valence electrons. The summed E-state index contributed by atoms with van der Waals surface area (Å²) in [5, 5.41) is 3.76. The third kappa shape index (κ3) is 5.63. The molecule has 1 unspecified atom stereocenters. The minimum atomic E-state index is -0.500. The summed E-state index contributed by atoms with van der Waals surface area (Å²) in [6.45, 7) is 4.41. The summed E-state index contributed by atoms with van der Waals surface area (Å²) in [5.41, 5.74) is 2.95. The van der Waals surface area contributed by atoms with Crippen molar-refractivity contribution in [3.05, 3.63) is 70.2 Å². The number of carbonyl (C=O) groups excluding carboxylic acids is 2. The van der Waals surface area contributed by atoms with Gasteiger partial charge < -0.3 is 10.2 Å². The van der Waals surface area contributed by atoms with Crippen LogP contribution in [-0.4, -0.2) is 28.8 Å². The molecular formula is C25H31ClN2O2. The van der Waals surface area contributed by atoms with Crippen molar-refractivity contribution < 1.29 is 9.59 Å². The van der Waals surface area contributed by atoms with Crippen LogP contribution >= 0.6 is 11.6 Å². The van der Waals surface area contributed by atoms with Crippen LogP contribution in [0.2, 0.25) is 5.02 Å². The Balaban J connectivity index is 1.84. The quantitative estimate of drug-likeness (QED) is 0.641. The fourth-order valence-electron chi connectivity index (χ4n) is 4.16. The van der Waals surface area contributed by atoms with E-state index >= 15 is 0 Å². The summed E-state index contributed by atoms with van der Waals surface area (Å²) < 4.78 is 0. The van der Waals surface area contributed by atoms with Gasteiger partial charge in [0, 0.05) is 17.6 Å². The number of amides is 2. The third-order valence-electron chi connectivity index (χ3n) is 5.99. The molecule has 1 N–H and O–H groups in total. The number of benzene rings is 2. The maximum atomic E-state index is 13.4. The highest BCUT2D eigenvalue weighted by molar-refractivity contribution is 6.31. The van der Waals surface area contributed by atoms with E-state index < -0.39 is 6.04 Å². The summed E-state index contributed by atoms with van der Waals surface area (Å²) in [6, 6.07) is 15.1. The first-order chi connectivity index (χ1) is 14.5. The highest BCUT2D eigenvalue weighted by atomic mass is 35.5. The molecule has 1 fully saturated rings. The van der Waals surface area contributed by atoms with E-state index in [1.165, 1.54) is 0 Å². The first kappa shape index (κ1) is 22.4. The van der Waals surface area contributed by atoms with E-state index in [1.54, 1.807) is 11.0 Å². The van der Waals surface area contributed by atoms with Crippen LogP contribution in [0.3, 0.4) is 0 Å². The first-order valence-electron chi connectivity index (χ1n) is 10.9. The van der Waals surface area contributed by atoms with Crippen molar-refractivity contribution in [3.63, 3.8) is 0 Å². The number of nitrogens with zero attached hydrogens (tertiary/aromatic N) is 1. The lowest BCUT2D eigenvalue weighted by molar-refractivity contribution is -0.141. The second-order valence-electron chi connectivity index (χ2n) is 8.13. The molecule has 4 nitrogen and oxygen atoms in total. The molecule has 2 aromatic carbocycles.